The highest BCUT2D eigenvalue weighted by Gasteiger charge is 1.95. The van der Waals surface area contributed by atoms with Crippen LogP contribution in [-0.4, -0.2) is 42.3 Å². The molecule has 80 valence electrons. The minimum atomic E-state index is 0.775. The van der Waals surface area contributed by atoms with Gasteiger partial charge in [0.25, 0.3) is 0 Å². The molecule has 0 fully saturated rings. The molecular formula is C9H17N3OS. The molecule has 1 rings (SSSR count). The summed E-state index contributed by atoms with van der Waals surface area (Å²) in [6.07, 6.45) is 3.92. The number of rotatable bonds is 7. The van der Waals surface area contributed by atoms with Crippen molar-refractivity contribution in [3.8, 4) is 0 Å². The van der Waals surface area contributed by atoms with Crippen molar-refractivity contribution in [3.05, 3.63) is 12.4 Å². The van der Waals surface area contributed by atoms with E-state index in [0.717, 1.165) is 25.4 Å². The second kappa shape index (κ2) is 6.86. The van der Waals surface area contributed by atoms with E-state index in [0.29, 0.717) is 0 Å². The molecule has 0 bridgehead atoms. The van der Waals surface area contributed by atoms with Crippen LogP contribution < -0.4 is 5.32 Å². The first-order valence-electron chi connectivity index (χ1n) is 4.64. The van der Waals surface area contributed by atoms with E-state index in [1.807, 2.05) is 35.9 Å². The summed E-state index contributed by atoms with van der Waals surface area (Å²) in [7, 11) is 3.65. The molecular weight excluding hydrogens is 198 g/mol. The van der Waals surface area contributed by atoms with Crippen molar-refractivity contribution in [2.75, 3.05) is 32.6 Å². The molecule has 0 aromatic carbocycles. The highest BCUT2D eigenvalue weighted by Crippen LogP contribution is 2.14. The van der Waals surface area contributed by atoms with Gasteiger partial charge in [0.15, 0.2) is 0 Å². The molecule has 0 radical (unpaired) electrons. The van der Waals surface area contributed by atoms with E-state index < -0.39 is 0 Å². The Balaban J connectivity index is 1.99. The van der Waals surface area contributed by atoms with Crippen molar-refractivity contribution < 1.29 is 4.74 Å². The van der Waals surface area contributed by atoms with Gasteiger partial charge in [-0.3, -0.25) is 4.68 Å². The Morgan fingerprint density at radius 3 is 3.07 bits per heavy atom. The van der Waals surface area contributed by atoms with Crippen LogP contribution in [0.5, 0.6) is 0 Å². The normalized spacial score (nSPS) is 10.7. The van der Waals surface area contributed by atoms with E-state index in [1.165, 1.54) is 4.90 Å². The third-order valence-electron chi connectivity index (χ3n) is 1.71. The number of hydrogen-bond acceptors (Lipinski definition) is 4. The first-order valence-corrected chi connectivity index (χ1v) is 5.62. The number of thioether (sulfide) groups is 1. The van der Waals surface area contributed by atoms with Gasteiger partial charge < -0.3 is 10.1 Å². The quantitative estimate of drug-likeness (QED) is 0.538. The maximum atomic E-state index is 4.93. The van der Waals surface area contributed by atoms with E-state index >= 15 is 0 Å². The lowest BCUT2D eigenvalue weighted by atomic mass is 10.6. The third-order valence-corrected chi connectivity index (χ3v) is 2.66. The van der Waals surface area contributed by atoms with Crippen molar-refractivity contribution in [1.82, 2.24) is 15.1 Å². The fraction of sp³-hybridized carbons (Fsp3) is 0.667. The van der Waals surface area contributed by atoms with Crippen molar-refractivity contribution >= 4 is 11.8 Å². The molecule has 5 heteroatoms. The zero-order valence-corrected chi connectivity index (χ0v) is 9.51. The van der Waals surface area contributed by atoms with Gasteiger partial charge in [-0.1, -0.05) is 0 Å². The standard InChI is InChI=1S/C9H17N3OS/c1-12-8-9(7-11-12)14-6-4-10-3-5-13-2/h7-8,10H,3-6H2,1-2H3. The van der Waals surface area contributed by atoms with Gasteiger partial charge in [-0.2, -0.15) is 5.10 Å². The largest absolute Gasteiger partial charge is 0.383 e. The number of aryl methyl sites for hydroxylation is 1. The number of nitrogens with one attached hydrogen (secondary N) is 1. The second-order valence-electron chi connectivity index (χ2n) is 2.94. The summed E-state index contributed by atoms with van der Waals surface area (Å²) >= 11 is 1.81. The lowest BCUT2D eigenvalue weighted by Gasteiger charge is -2.02. The molecule has 1 aromatic heterocycles. The average Bonchev–Trinajstić information content (AvgIpc) is 2.58. The molecule has 0 amide bonds. The van der Waals surface area contributed by atoms with Crippen molar-refractivity contribution in [2.24, 2.45) is 7.05 Å². The van der Waals surface area contributed by atoms with Crippen LogP contribution in [0, 0.1) is 0 Å². The molecule has 0 atom stereocenters. The van der Waals surface area contributed by atoms with Gasteiger partial charge in [-0.15, -0.1) is 11.8 Å². The second-order valence-corrected chi connectivity index (χ2v) is 4.11. The molecule has 0 saturated heterocycles. The van der Waals surface area contributed by atoms with E-state index in [-0.39, 0.29) is 0 Å². The van der Waals surface area contributed by atoms with Crippen LogP contribution in [0.25, 0.3) is 0 Å². The van der Waals surface area contributed by atoms with Crippen LogP contribution >= 0.6 is 11.8 Å². The van der Waals surface area contributed by atoms with Gasteiger partial charge >= 0.3 is 0 Å². The summed E-state index contributed by atoms with van der Waals surface area (Å²) in [5.74, 6) is 1.06. The van der Waals surface area contributed by atoms with Crippen LogP contribution in [0.4, 0.5) is 0 Å². The lowest BCUT2D eigenvalue weighted by Crippen LogP contribution is -2.21. The SMILES string of the molecule is COCCNCCSc1cnn(C)c1. The Morgan fingerprint density at radius 1 is 1.57 bits per heavy atom. The minimum Gasteiger partial charge on any atom is -0.383 e. The Morgan fingerprint density at radius 2 is 2.43 bits per heavy atom. The average molecular weight is 215 g/mol. The van der Waals surface area contributed by atoms with Gasteiger partial charge in [0, 0.05) is 44.1 Å². The molecule has 4 nitrogen and oxygen atoms in total. The summed E-state index contributed by atoms with van der Waals surface area (Å²) in [4.78, 5) is 1.22. The topological polar surface area (TPSA) is 39.1 Å². The maximum Gasteiger partial charge on any atom is 0.0625 e. The fourth-order valence-electron chi connectivity index (χ4n) is 1.01. The van der Waals surface area contributed by atoms with Crippen LogP contribution in [0.1, 0.15) is 0 Å². The number of aromatic nitrogens is 2. The molecule has 14 heavy (non-hydrogen) atoms. The molecule has 1 aromatic rings. The molecule has 0 spiro atoms. The van der Waals surface area contributed by atoms with Crippen molar-refractivity contribution in [1.29, 1.82) is 0 Å². The Hall–Kier alpha value is -0.520. The van der Waals surface area contributed by atoms with Crippen LogP contribution in [-0.2, 0) is 11.8 Å². The molecule has 1 heterocycles. The molecule has 0 aliphatic heterocycles. The Kier molecular flexibility index (Phi) is 5.66. The zero-order chi connectivity index (χ0) is 10.2. The molecule has 0 aliphatic rings. The number of ether oxygens (including phenoxy) is 1. The number of hydrogen-bond donors (Lipinski definition) is 1. The van der Waals surface area contributed by atoms with E-state index in [1.54, 1.807) is 7.11 Å². The van der Waals surface area contributed by atoms with Gasteiger partial charge in [-0.25, -0.2) is 0 Å². The summed E-state index contributed by atoms with van der Waals surface area (Å²) in [6, 6.07) is 0. The predicted molar refractivity (Wildman–Crippen MR) is 58.7 cm³/mol. The molecule has 0 unspecified atom stereocenters. The summed E-state index contributed by atoms with van der Waals surface area (Å²) < 4.78 is 6.75. The first kappa shape index (κ1) is 11.6. The number of nitrogens with zero attached hydrogens (tertiary/aromatic N) is 2. The highest BCUT2D eigenvalue weighted by atomic mass is 32.2. The summed E-state index contributed by atoms with van der Waals surface area (Å²) in [5.41, 5.74) is 0. The first-order chi connectivity index (χ1) is 6.83. The maximum absolute atomic E-state index is 4.93. The molecule has 1 N–H and O–H groups in total. The van der Waals surface area contributed by atoms with E-state index in [2.05, 4.69) is 10.4 Å². The van der Waals surface area contributed by atoms with Gasteiger partial charge in [0.2, 0.25) is 0 Å². The lowest BCUT2D eigenvalue weighted by molar-refractivity contribution is 0.200. The molecule has 0 saturated carbocycles. The zero-order valence-electron chi connectivity index (χ0n) is 8.69. The van der Waals surface area contributed by atoms with Crippen LogP contribution in [0.2, 0.25) is 0 Å². The van der Waals surface area contributed by atoms with Gasteiger partial charge in [0.05, 0.1) is 12.8 Å². The van der Waals surface area contributed by atoms with Crippen LogP contribution in [0.3, 0.4) is 0 Å². The molecule has 0 aliphatic carbocycles. The minimum absolute atomic E-state index is 0.775. The van der Waals surface area contributed by atoms with Gasteiger partial charge in [0.1, 0.15) is 0 Å². The van der Waals surface area contributed by atoms with Crippen LogP contribution in [0.15, 0.2) is 17.3 Å². The Labute approximate surface area is 89.0 Å². The van der Waals surface area contributed by atoms with E-state index in [9.17, 15) is 0 Å². The smallest absolute Gasteiger partial charge is 0.0625 e. The summed E-state index contributed by atoms with van der Waals surface area (Å²) in [6.45, 7) is 2.70. The monoisotopic (exact) mass is 215 g/mol. The predicted octanol–water partition coefficient (Wildman–Crippen LogP) is 0.748. The van der Waals surface area contributed by atoms with E-state index in [4.69, 9.17) is 4.74 Å². The van der Waals surface area contributed by atoms with Crippen molar-refractivity contribution in [2.45, 2.75) is 4.90 Å². The number of methoxy groups -OCH3 is 1. The van der Waals surface area contributed by atoms with Gasteiger partial charge in [-0.05, 0) is 0 Å². The third kappa shape index (κ3) is 4.64. The fourth-order valence-corrected chi connectivity index (χ4v) is 1.84. The van der Waals surface area contributed by atoms with Crippen molar-refractivity contribution in [3.63, 3.8) is 0 Å². The summed E-state index contributed by atoms with van der Waals surface area (Å²) in [5, 5.41) is 7.39. The Bertz CT molecular complexity index is 252. The highest BCUT2D eigenvalue weighted by molar-refractivity contribution is 7.99.